The molecule has 0 aliphatic heterocycles. The molecule has 0 atom stereocenters. The monoisotopic (exact) mass is 484 g/mol. The van der Waals surface area contributed by atoms with Gasteiger partial charge in [-0.1, -0.05) is 0 Å². The van der Waals surface area contributed by atoms with Gasteiger partial charge in [0.1, 0.15) is 5.69 Å². The van der Waals surface area contributed by atoms with Gasteiger partial charge in [0.15, 0.2) is 12.4 Å². The first-order valence-electron chi connectivity index (χ1n) is 7.74. The van der Waals surface area contributed by atoms with Gasteiger partial charge in [-0.2, -0.15) is 0 Å². The average molecular weight is 486 g/mol. The van der Waals surface area contributed by atoms with E-state index in [1.165, 1.54) is 6.92 Å². The molecule has 0 radical (unpaired) electrons. The largest absolute Gasteiger partial charge is 0.451 e. The molecular formula is C18H18Br2N2O4. The van der Waals surface area contributed by atoms with E-state index in [1.807, 2.05) is 19.1 Å². The van der Waals surface area contributed by atoms with E-state index in [4.69, 9.17) is 4.74 Å². The van der Waals surface area contributed by atoms with Crippen molar-refractivity contribution in [2.75, 3.05) is 11.9 Å². The van der Waals surface area contributed by atoms with Gasteiger partial charge in [0.05, 0.1) is 5.69 Å². The van der Waals surface area contributed by atoms with E-state index in [2.05, 4.69) is 42.2 Å². The molecule has 2 aromatic rings. The van der Waals surface area contributed by atoms with Crippen LogP contribution in [0.5, 0.6) is 0 Å². The second-order valence-corrected chi connectivity index (χ2v) is 7.62. The molecule has 0 aliphatic carbocycles. The van der Waals surface area contributed by atoms with Gasteiger partial charge in [-0.05, 0) is 82.8 Å². The zero-order valence-electron chi connectivity index (χ0n) is 14.8. The maximum absolute atomic E-state index is 12.2. The number of aromatic nitrogens is 1. The van der Waals surface area contributed by atoms with Crippen molar-refractivity contribution < 1.29 is 19.1 Å². The molecule has 1 aromatic heterocycles. The number of carbonyl (C=O) groups is 3. The molecule has 0 unspecified atom stereocenters. The van der Waals surface area contributed by atoms with E-state index in [9.17, 15) is 14.4 Å². The molecule has 1 heterocycles. The summed E-state index contributed by atoms with van der Waals surface area (Å²) in [5.74, 6) is -1.30. The highest BCUT2D eigenvalue weighted by molar-refractivity contribution is 9.11. The number of Topliss-reactive ketones (excluding diaryl/α,β-unsaturated/α-hetero) is 1. The zero-order chi connectivity index (χ0) is 19.6. The molecule has 0 aliphatic rings. The number of rotatable bonds is 5. The van der Waals surface area contributed by atoms with Crippen molar-refractivity contribution in [1.29, 1.82) is 0 Å². The predicted octanol–water partition coefficient (Wildman–Crippen LogP) is 4.46. The summed E-state index contributed by atoms with van der Waals surface area (Å²) in [6, 6.07) is 3.72. The number of ether oxygens (including phenoxy) is 1. The van der Waals surface area contributed by atoms with Crippen molar-refractivity contribution in [3.8, 4) is 0 Å². The highest BCUT2D eigenvalue weighted by Crippen LogP contribution is 2.32. The number of nitrogens with one attached hydrogen (secondary N) is 2. The van der Waals surface area contributed by atoms with Gasteiger partial charge < -0.3 is 15.0 Å². The fraction of sp³-hybridized carbons (Fsp3) is 0.278. The second kappa shape index (κ2) is 8.18. The summed E-state index contributed by atoms with van der Waals surface area (Å²) < 4.78 is 6.50. The number of amides is 1. The minimum Gasteiger partial charge on any atom is -0.451 e. The third kappa shape index (κ3) is 4.42. The zero-order valence-corrected chi connectivity index (χ0v) is 17.9. The fourth-order valence-corrected chi connectivity index (χ4v) is 4.29. The number of hydrogen-bond acceptors (Lipinski definition) is 4. The summed E-state index contributed by atoms with van der Waals surface area (Å²) in [4.78, 5) is 38.8. The second-order valence-electron chi connectivity index (χ2n) is 5.91. The summed E-state index contributed by atoms with van der Waals surface area (Å²) in [5.41, 5.74) is 3.34. The van der Waals surface area contributed by atoms with Crippen LogP contribution in [-0.2, 0) is 9.53 Å². The molecule has 6 nitrogen and oxygen atoms in total. The molecular weight excluding hydrogens is 468 g/mol. The number of H-pyrrole nitrogens is 1. The van der Waals surface area contributed by atoms with E-state index < -0.39 is 18.5 Å². The van der Waals surface area contributed by atoms with Crippen molar-refractivity contribution in [2.24, 2.45) is 0 Å². The van der Waals surface area contributed by atoms with Gasteiger partial charge in [-0.15, -0.1) is 0 Å². The highest BCUT2D eigenvalue weighted by atomic mass is 79.9. The molecule has 2 rings (SSSR count). The van der Waals surface area contributed by atoms with Crippen LogP contribution in [0.2, 0.25) is 0 Å². The Morgan fingerprint density at radius 1 is 1.12 bits per heavy atom. The third-order valence-corrected chi connectivity index (χ3v) is 5.03. The highest BCUT2D eigenvalue weighted by Gasteiger charge is 2.21. The minimum absolute atomic E-state index is 0.137. The number of carbonyl (C=O) groups excluding carboxylic acids is 3. The number of benzene rings is 1. The lowest BCUT2D eigenvalue weighted by Crippen LogP contribution is -2.22. The Kier molecular flexibility index (Phi) is 6.41. The Hall–Kier alpha value is -1.93. The molecule has 1 amide bonds. The van der Waals surface area contributed by atoms with E-state index in [1.54, 1.807) is 13.8 Å². The van der Waals surface area contributed by atoms with Crippen LogP contribution in [0, 0.1) is 20.8 Å². The smallest absolute Gasteiger partial charge is 0.355 e. The topological polar surface area (TPSA) is 88.3 Å². The molecule has 0 saturated heterocycles. The molecule has 0 bridgehead atoms. The van der Waals surface area contributed by atoms with Gasteiger partial charge >= 0.3 is 5.97 Å². The Balaban J connectivity index is 2.05. The summed E-state index contributed by atoms with van der Waals surface area (Å²) in [6.07, 6.45) is 0. The van der Waals surface area contributed by atoms with Gasteiger partial charge in [0.25, 0.3) is 5.91 Å². The number of aryl methyl sites for hydroxylation is 2. The number of anilines is 1. The number of esters is 1. The Morgan fingerprint density at radius 2 is 1.69 bits per heavy atom. The van der Waals surface area contributed by atoms with Gasteiger partial charge in [0, 0.05) is 20.2 Å². The maximum Gasteiger partial charge on any atom is 0.355 e. The quantitative estimate of drug-likeness (QED) is 0.483. The number of halogens is 2. The van der Waals surface area contributed by atoms with E-state index in [0.29, 0.717) is 31.5 Å². The maximum atomic E-state index is 12.2. The number of ketones is 1. The Bertz CT molecular complexity index is 880. The van der Waals surface area contributed by atoms with Crippen LogP contribution in [0.1, 0.15) is 44.6 Å². The van der Waals surface area contributed by atoms with Crippen LogP contribution in [0.4, 0.5) is 5.69 Å². The van der Waals surface area contributed by atoms with Crippen LogP contribution < -0.4 is 5.32 Å². The third-order valence-electron chi connectivity index (χ3n) is 3.78. The van der Waals surface area contributed by atoms with Crippen molar-refractivity contribution in [2.45, 2.75) is 27.7 Å². The van der Waals surface area contributed by atoms with Crippen LogP contribution in [0.25, 0.3) is 0 Å². The normalized spacial score (nSPS) is 10.5. The van der Waals surface area contributed by atoms with E-state index in [-0.39, 0.29) is 11.5 Å². The van der Waals surface area contributed by atoms with Crippen molar-refractivity contribution in [3.63, 3.8) is 0 Å². The van der Waals surface area contributed by atoms with E-state index >= 15 is 0 Å². The number of hydrogen-bond donors (Lipinski definition) is 2. The van der Waals surface area contributed by atoms with Crippen LogP contribution >= 0.6 is 31.9 Å². The number of aromatic amines is 1. The van der Waals surface area contributed by atoms with E-state index in [0.717, 1.165) is 5.56 Å². The molecule has 0 spiro atoms. The molecule has 8 heteroatoms. The van der Waals surface area contributed by atoms with Crippen LogP contribution in [0.15, 0.2) is 21.1 Å². The lowest BCUT2D eigenvalue weighted by atomic mass is 10.1. The standard InChI is InChI=1S/C18H18Br2N2O4/c1-8-5-12(19)17(13(20)6-8)22-14(24)7-26-18(25)16-9(2)15(11(4)23)10(3)21-16/h5-6,21H,7H2,1-4H3,(H,22,24). The summed E-state index contributed by atoms with van der Waals surface area (Å²) in [5, 5.41) is 2.69. The predicted molar refractivity (Wildman–Crippen MR) is 106 cm³/mol. The molecule has 0 saturated carbocycles. The summed E-state index contributed by atoms with van der Waals surface area (Å²) >= 11 is 6.78. The SMILES string of the molecule is CC(=O)c1c(C)[nH]c(C(=O)OCC(=O)Nc2c(Br)cc(C)cc2Br)c1C. The lowest BCUT2D eigenvalue weighted by molar-refractivity contribution is -0.119. The van der Waals surface area contributed by atoms with Crippen LogP contribution in [0.3, 0.4) is 0 Å². The Morgan fingerprint density at radius 3 is 2.19 bits per heavy atom. The molecule has 1 aromatic carbocycles. The molecule has 2 N–H and O–H groups in total. The Labute approximate surface area is 168 Å². The minimum atomic E-state index is -0.685. The summed E-state index contributed by atoms with van der Waals surface area (Å²) in [6.45, 7) is 6.29. The first kappa shape index (κ1) is 20.4. The fourth-order valence-electron chi connectivity index (χ4n) is 2.68. The van der Waals surface area contributed by atoms with Crippen LogP contribution in [-0.4, -0.2) is 29.3 Å². The summed E-state index contributed by atoms with van der Waals surface area (Å²) in [7, 11) is 0. The van der Waals surface area contributed by atoms with Crippen molar-refractivity contribution >= 4 is 55.2 Å². The van der Waals surface area contributed by atoms with Crippen molar-refractivity contribution in [3.05, 3.63) is 49.2 Å². The first-order chi connectivity index (χ1) is 12.1. The lowest BCUT2D eigenvalue weighted by Gasteiger charge is -2.11. The molecule has 0 fully saturated rings. The molecule has 138 valence electrons. The van der Waals surface area contributed by atoms with Gasteiger partial charge in [-0.25, -0.2) is 4.79 Å². The first-order valence-corrected chi connectivity index (χ1v) is 9.33. The average Bonchev–Trinajstić information content (AvgIpc) is 2.83. The van der Waals surface area contributed by atoms with Gasteiger partial charge in [0.2, 0.25) is 0 Å². The van der Waals surface area contributed by atoms with Gasteiger partial charge in [-0.3, -0.25) is 9.59 Å². The van der Waals surface area contributed by atoms with Crippen molar-refractivity contribution in [1.82, 2.24) is 4.98 Å². The molecule has 26 heavy (non-hydrogen) atoms.